The van der Waals surface area contributed by atoms with Crippen molar-refractivity contribution in [3.05, 3.63) is 27.9 Å². The maximum absolute atomic E-state index is 11.4. The van der Waals surface area contributed by atoms with Gasteiger partial charge in [0.2, 0.25) is 0 Å². The van der Waals surface area contributed by atoms with Crippen molar-refractivity contribution in [2.75, 3.05) is 12.3 Å². The zero-order valence-corrected chi connectivity index (χ0v) is 10.7. The molecule has 1 rings (SSSR count). The van der Waals surface area contributed by atoms with E-state index in [1.165, 1.54) is 0 Å². The molecule has 16 heavy (non-hydrogen) atoms. The Morgan fingerprint density at radius 2 is 2.31 bits per heavy atom. The molecule has 1 aromatic heterocycles. The number of aromatic nitrogens is 2. The molecule has 5 heteroatoms. The minimum atomic E-state index is -0.0602. The number of aromatic amines is 1. The monoisotopic (exact) mass is 241 g/mol. The van der Waals surface area contributed by atoms with Crippen LogP contribution in [0.15, 0.2) is 10.9 Å². The molecule has 0 spiro atoms. The highest BCUT2D eigenvalue weighted by Gasteiger charge is 2.00. The van der Waals surface area contributed by atoms with Gasteiger partial charge in [-0.1, -0.05) is 13.8 Å². The lowest BCUT2D eigenvalue weighted by Crippen LogP contribution is -2.19. The van der Waals surface area contributed by atoms with Gasteiger partial charge in [0.25, 0.3) is 5.56 Å². The average molecular weight is 241 g/mol. The largest absolute Gasteiger partial charge is 0.311 e. The fourth-order valence-corrected chi connectivity index (χ4v) is 1.85. The lowest BCUT2D eigenvalue weighted by Gasteiger charge is -2.04. The number of nitrogens with one attached hydrogen (secondary N) is 2. The third-order valence-electron chi connectivity index (χ3n) is 2.02. The molecule has 0 aliphatic carbocycles. The molecule has 2 N–H and O–H groups in total. The van der Waals surface area contributed by atoms with Crippen LogP contribution in [0.3, 0.4) is 0 Å². The van der Waals surface area contributed by atoms with E-state index >= 15 is 0 Å². The molecule has 0 aromatic carbocycles. The van der Waals surface area contributed by atoms with E-state index in [2.05, 4.69) is 29.1 Å². The van der Waals surface area contributed by atoms with Crippen molar-refractivity contribution in [2.45, 2.75) is 32.6 Å². The van der Waals surface area contributed by atoms with Gasteiger partial charge in [-0.3, -0.25) is 4.79 Å². The molecular weight excluding hydrogens is 222 g/mol. The minimum Gasteiger partial charge on any atom is -0.311 e. The quantitative estimate of drug-likeness (QED) is 0.711. The van der Waals surface area contributed by atoms with Gasteiger partial charge in [0.1, 0.15) is 5.82 Å². The van der Waals surface area contributed by atoms with E-state index in [-0.39, 0.29) is 5.56 Å². The summed E-state index contributed by atoms with van der Waals surface area (Å²) in [7, 11) is 0. The summed E-state index contributed by atoms with van der Waals surface area (Å²) in [6.45, 7) is 5.83. The molecule has 0 radical (unpaired) electrons. The molecule has 0 fully saturated rings. The fraction of sp³-hybridized carbons (Fsp3) is 0.636. The second-order valence-corrected chi connectivity index (χ2v) is 4.77. The summed E-state index contributed by atoms with van der Waals surface area (Å²) in [6, 6.07) is 1.56. The third-order valence-corrected chi connectivity index (χ3v) is 2.91. The van der Waals surface area contributed by atoms with Crippen molar-refractivity contribution in [3.63, 3.8) is 0 Å². The summed E-state index contributed by atoms with van der Waals surface area (Å²) >= 11 is 1.75. The number of rotatable bonds is 7. The van der Waals surface area contributed by atoms with Crippen LogP contribution in [0.4, 0.5) is 0 Å². The molecule has 1 aromatic rings. The van der Waals surface area contributed by atoms with Gasteiger partial charge < -0.3 is 10.3 Å². The number of H-pyrrole nitrogens is 1. The van der Waals surface area contributed by atoms with Gasteiger partial charge in [-0.05, 0) is 18.7 Å². The van der Waals surface area contributed by atoms with Gasteiger partial charge in [-0.25, -0.2) is 4.98 Å². The van der Waals surface area contributed by atoms with Crippen molar-refractivity contribution in [2.24, 2.45) is 0 Å². The van der Waals surface area contributed by atoms with Crippen LogP contribution in [-0.4, -0.2) is 22.3 Å². The number of hydrogen-bond donors (Lipinski definition) is 2. The topological polar surface area (TPSA) is 57.8 Å². The van der Waals surface area contributed by atoms with Gasteiger partial charge in [-0.15, -0.1) is 0 Å². The van der Waals surface area contributed by atoms with Crippen molar-refractivity contribution < 1.29 is 0 Å². The van der Waals surface area contributed by atoms with Crippen LogP contribution in [0.5, 0.6) is 0 Å². The predicted molar refractivity (Wildman–Crippen MR) is 68.7 cm³/mol. The van der Waals surface area contributed by atoms with E-state index in [0.717, 1.165) is 36.0 Å². The van der Waals surface area contributed by atoms with E-state index in [0.29, 0.717) is 6.54 Å². The van der Waals surface area contributed by atoms with E-state index in [1.807, 2.05) is 0 Å². The Morgan fingerprint density at radius 1 is 1.50 bits per heavy atom. The Morgan fingerprint density at radius 3 is 3.00 bits per heavy atom. The summed E-state index contributed by atoms with van der Waals surface area (Å²) in [6.07, 6.45) is 1.09. The fourth-order valence-electron chi connectivity index (χ4n) is 1.31. The van der Waals surface area contributed by atoms with Crippen molar-refractivity contribution in [3.8, 4) is 0 Å². The second-order valence-electron chi connectivity index (χ2n) is 3.50. The smallest absolute Gasteiger partial charge is 0.251 e. The highest BCUT2D eigenvalue weighted by atomic mass is 32.2. The van der Waals surface area contributed by atoms with Gasteiger partial charge in [0, 0.05) is 12.6 Å². The second kappa shape index (κ2) is 7.46. The lowest BCUT2D eigenvalue weighted by molar-refractivity contribution is 0.659. The van der Waals surface area contributed by atoms with Crippen molar-refractivity contribution in [1.29, 1.82) is 0 Å². The van der Waals surface area contributed by atoms with Crippen LogP contribution in [0.1, 0.15) is 31.8 Å². The summed E-state index contributed by atoms with van der Waals surface area (Å²) in [5.74, 6) is 2.57. The SMILES string of the molecule is CCCNCc1cc(=O)[nH]c(CSCC)n1. The van der Waals surface area contributed by atoms with Crippen LogP contribution in [-0.2, 0) is 12.3 Å². The number of nitrogens with zero attached hydrogens (tertiary/aromatic N) is 1. The summed E-state index contributed by atoms with van der Waals surface area (Å²) in [5.41, 5.74) is 0.763. The van der Waals surface area contributed by atoms with E-state index in [1.54, 1.807) is 17.8 Å². The molecule has 1 heterocycles. The zero-order valence-electron chi connectivity index (χ0n) is 9.88. The Labute approximate surface area is 100 Å². The highest BCUT2D eigenvalue weighted by Crippen LogP contribution is 2.06. The molecule has 0 atom stereocenters. The maximum Gasteiger partial charge on any atom is 0.251 e. The predicted octanol–water partition coefficient (Wildman–Crippen LogP) is 1.52. The normalized spacial score (nSPS) is 10.6. The van der Waals surface area contributed by atoms with E-state index in [9.17, 15) is 4.79 Å². The molecule has 0 saturated heterocycles. The first kappa shape index (κ1) is 13.3. The summed E-state index contributed by atoms with van der Waals surface area (Å²) in [5, 5.41) is 3.24. The van der Waals surface area contributed by atoms with Crippen LogP contribution in [0.25, 0.3) is 0 Å². The zero-order chi connectivity index (χ0) is 11.8. The summed E-state index contributed by atoms with van der Waals surface area (Å²) in [4.78, 5) is 18.5. The molecule has 0 aliphatic rings. The van der Waals surface area contributed by atoms with Crippen LogP contribution >= 0.6 is 11.8 Å². The average Bonchev–Trinajstić information content (AvgIpc) is 2.26. The van der Waals surface area contributed by atoms with Crippen LogP contribution in [0.2, 0.25) is 0 Å². The Balaban J connectivity index is 2.62. The first-order valence-corrected chi connectivity index (χ1v) is 6.79. The van der Waals surface area contributed by atoms with E-state index < -0.39 is 0 Å². The molecule has 0 unspecified atom stereocenters. The first-order chi connectivity index (χ1) is 7.76. The molecule has 4 nitrogen and oxygen atoms in total. The number of thioether (sulfide) groups is 1. The molecule has 0 saturated carbocycles. The first-order valence-electron chi connectivity index (χ1n) is 5.63. The molecular formula is C11H19N3OS. The summed E-state index contributed by atoms with van der Waals surface area (Å²) < 4.78 is 0. The highest BCUT2D eigenvalue weighted by molar-refractivity contribution is 7.98. The molecule has 0 aliphatic heterocycles. The van der Waals surface area contributed by atoms with Crippen LogP contribution in [0, 0.1) is 0 Å². The Bertz CT molecular complexity index is 364. The Hall–Kier alpha value is -0.810. The standard InChI is InChI=1S/C11H19N3OS/c1-3-5-12-7-9-6-11(15)14-10(13-9)8-16-4-2/h6,12H,3-5,7-8H2,1-2H3,(H,13,14,15). The lowest BCUT2D eigenvalue weighted by atomic mass is 10.3. The van der Waals surface area contributed by atoms with Gasteiger partial charge in [-0.2, -0.15) is 11.8 Å². The van der Waals surface area contributed by atoms with Gasteiger partial charge in [0.15, 0.2) is 0 Å². The molecule has 0 amide bonds. The number of hydrogen-bond acceptors (Lipinski definition) is 4. The van der Waals surface area contributed by atoms with Crippen LogP contribution < -0.4 is 10.9 Å². The maximum atomic E-state index is 11.4. The van der Waals surface area contributed by atoms with E-state index in [4.69, 9.17) is 0 Å². The van der Waals surface area contributed by atoms with Gasteiger partial charge >= 0.3 is 0 Å². The van der Waals surface area contributed by atoms with Crippen molar-refractivity contribution >= 4 is 11.8 Å². The van der Waals surface area contributed by atoms with Crippen molar-refractivity contribution in [1.82, 2.24) is 15.3 Å². The Kier molecular flexibility index (Phi) is 6.18. The van der Waals surface area contributed by atoms with Gasteiger partial charge in [0.05, 0.1) is 11.4 Å². The molecule has 0 bridgehead atoms. The third kappa shape index (κ3) is 4.81. The minimum absolute atomic E-state index is 0.0602. The molecule has 90 valence electrons.